The van der Waals surface area contributed by atoms with E-state index in [0.29, 0.717) is 0 Å². The zero-order valence-corrected chi connectivity index (χ0v) is 8.22. The molecule has 0 radical (unpaired) electrons. The number of carboxylic acids is 1. The molecule has 1 aliphatic heterocycles. The summed E-state index contributed by atoms with van der Waals surface area (Å²) in [5.41, 5.74) is 0. The second kappa shape index (κ2) is 3.69. The van der Waals surface area contributed by atoms with Crippen LogP contribution in [0.25, 0.3) is 0 Å². The molecule has 1 saturated heterocycles. The number of aliphatic hydroxyl groups excluding tert-OH is 1. The minimum atomic E-state index is -1.06. The molecule has 2 amide bonds. The highest BCUT2D eigenvalue weighted by molar-refractivity contribution is 5.83. The third kappa shape index (κ3) is 2.20. The van der Waals surface area contributed by atoms with Gasteiger partial charge in [0.1, 0.15) is 6.04 Å². The van der Waals surface area contributed by atoms with Crippen molar-refractivity contribution in [3.63, 3.8) is 0 Å². The van der Waals surface area contributed by atoms with E-state index in [9.17, 15) is 14.7 Å². The van der Waals surface area contributed by atoms with Gasteiger partial charge in [0.2, 0.25) is 0 Å². The smallest absolute Gasteiger partial charge is 0.326 e. The molecule has 2 rings (SSSR count). The van der Waals surface area contributed by atoms with Gasteiger partial charge in [0, 0.05) is 19.0 Å². The van der Waals surface area contributed by atoms with Crippen LogP contribution in [0.4, 0.5) is 4.79 Å². The highest BCUT2D eigenvalue weighted by atomic mass is 16.4. The molecule has 0 unspecified atom stereocenters. The Morgan fingerprint density at radius 3 is 2.53 bits per heavy atom. The van der Waals surface area contributed by atoms with Gasteiger partial charge in [-0.05, 0) is 12.8 Å². The Balaban J connectivity index is 1.98. The highest BCUT2D eigenvalue weighted by Gasteiger charge is 2.40. The zero-order valence-electron chi connectivity index (χ0n) is 8.22. The molecule has 84 valence electrons. The lowest BCUT2D eigenvalue weighted by Crippen LogP contribution is -2.46. The number of carboxylic acid groups (broad SMARTS) is 1. The Morgan fingerprint density at radius 2 is 2.00 bits per heavy atom. The van der Waals surface area contributed by atoms with Crippen molar-refractivity contribution in [1.29, 1.82) is 0 Å². The molecule has 0 aromatic carbocycles. The van der Waals surface area contributed by atoms with Gasteiger partial charge in [-0.2, -0.15) is 0 Å². The number of hydrogen-bond acceptors (Lipinski definition) is 3. The number of rotatable bonds is 2. The third-order valence-electron chi connectivity index (χ3n) is 2.73. The van der Waals surface area contributed by atoms with E-state index in [4.69, 9.17) is 5.11 Å². The molecule has 0 aromatic rings. The molecule has 15 heavy (non-hydrogen) atoms. The molecule has 1 saturated carbocycles. The number of aliphatic hydroxyl groups is 1. The van der Waals surface area contributed by atoms with Gasteiger partial charge < -0.3 is 20.4 Å². The van der Waals surface area contributed by atoms with Crippen LogP contribution in [0.1, 0.15) is 19.3 Å². The van der Waals surface area contributed by atoms with Crippen molar-refractivity contribution in [3.05, 3.63) is 0 Å². The monoisotopic (exact) mass is 214 g/mol. The second-order valence-electron chi connectivity index (χ2n) is 4.12. The number of carbonyl (C=O) groups excluding carboxylic acids is 1. The summed E-state index contributed by atoms with van der Waals surface area (Å²) < 4.78 is 0. The molecule has 2 atom stereocenters. The van der Waals surface area contributed by atoms with E-state index in [1.807, 2.05) is 0 Å². The van der Waals surface area contributed by atoms with Crippen molar-refractivity contribution in [1.82, 2.24) is 10.2 Å². The maximum atomic E-state index is 11.6. The number of hydrogen-bond donors (Lipinski definition) is 3. The summed E-state index contributed by atoms with van der Waals surface area (Å²) in [5.74, 6) is -1.06. The van der Waals surface area contributed by atoms with Crippen LogP contribution >= 0.6 is 0 Å². The van der Waals surface area contributed by atoms with E-state index in [-0.39, 0.29) is 25.0 Å². The fraction of sp³-hybridized carbons (Fsp3) is 0.778. The van der Waals surface area contributed by atoms with Gasteiger partial charge in [0.05, 0.1) is 6.10 Å². The molecule has 1 aliphatic carbocycles. The predicted molar refractivity (Wildman–Crippen MR) is 50.3 cm³/mol. The Morgan fingerprint density at radius 1 is 1.33 bits per heavy atom. The van der Waals surface area contributed by atoms with Gasteiger partial charge in [-0.15, -0.1) is 0 Å². The Kier molecular flexibility index (Phi) is 2.52. The minimum Gasteiger partial charge on any atom is -0.480 e. The van der Waals surface area contributed by atoms with E-state index in [0.717, 1.165) is 12.8 Å². The average Bonchev–Trinajstić information content (AvgIpc) is 2.86. The first-order valence-electron chi connectivity index (χ1n) is 5.06. The van der Waals surface area contributed by atoms with Gasteiger partial charge in [-0.3, -0.25) is 0 Å². The van der Waals surface area contributed by atoms with E-state index in [1.54, 1.807) is 0 Å². The Labute approximate surface area is 86.9 Å². The molecule has 0 bridgehead atoms. The fourth-order valence-electron chi connectivity index (χ4n) is 1.76. The van der Waals surface area contributed by atoms with E-state index < -0.39 is 18.1 Å². The maximum Gasteiger partial charge on any atom is 0.326 e. The lowest BCUT2D eigenvalue weighted by molar-refractivity contribution is -0.141. The van der Waals surface area contributed by atoms with Crippen LogP contribution in [-0.2, 0) is 4.79 Å². The third-order valence-corrected chi connectivity index (χ3v) is 2.73. The number of nitrogens with zero attached hydrogens (tertiary/aromatic N) is 1. The van der Waals surface area contributed by atoms with Crippen molar-refractivity contribution in [3.8, 4) is 0 Å². The summed E-state index contributed by atoms with van der Waals surface area (Å²) in [4.78, 5) is 23.6. The Bertz CT molecular complexity index is 290. The molecule has 6 heteroatoms. The van der Waals surface area contributed by atoms with Crippen LogP contribution in [0.2, 0.25) is 0 Å². The maximum absolute atomic E-state index is 11.6. The number of carbonyl (C=O) groups is 2. The highest BCUT2D eigenvalue weighted by Crippen LogP contribution is 2.22. The summed E-state index contributed by atoms with van der Waals surface area (Å²) in [6.07, 6.45) is 1.31. The van der Waals surface area contributed by atoms with E-state index >= 15 is 0 Å². The fourth-order valence-corrected chi connectivity index (χ4v) is 1.76. The van der Waals surface area contributed by atoms with Gasteiger partial charge in [-0.25, -0.2) is 9.59 Å². The SMILES string of the molecule is O=C(O)[C@@H]1C[C@H](O)CN1C(=O)NC1CC1. The van der Waals surface area contributed by atoms with Crippen LogP contribution in [0.15, 0.2) is 0 Å². The number of likely N-dealkylation sites (tertiary alicyclic amines) is 1. The topological polar surface area (TPSA) is 89.9 Å². The molecule has 3 N–H and O–H groups in total. The summed E-state index contributed by atoms with van der Waals surface area (Å²) in [5, 5.41) is 20.9. The molecule has 1 heterocycles. The number of aliphatic carboxylic acids is 1. The van der Waals surface area contributed by atoms with Crippen molar-refractivity contribution in [2.24, 2.45) is 0 Å². The zero-order chi connectivity index (χ0) is 11.0. The molecule has 6 nitrogen and oxygen atoms in total. The molecular formula is C9H14N2O4. The van der Waals surface area contributed by atoms with Gasteiger partial charge in [0.25, 0.3) is 0 Å². The van der Waals surface area contributed by atoms with Crippen LogP contribution in [0.5, 0.6) is 0 Å². The Hall–Kier alpha value is -1.30. The summed E-state index contributed by atoms with van der Waals surface area (Å²) >= 11 is 0. The molecular weight excluding hydrogens is 200 g/mol. The number of β-amino-alcohol motifs (C(OH)–C–C–N with tert-alkyl or cyclic N) is 1. The normalized spacial score (nSPS) is 30.3. The standard InChI is InChI=1S/C9H14N2O4/c12-6-3-7(8(13)14)11(4-6)9(15)10-5-1-2-5/h5-7,12H,1-4H2,(H,10,15)(H,13,14)/t6-,7-/m0/s1. The van der Waals surface area contributed by atoms with Crippen LogP contribution in [0.3, 0.4) is 0 Å². The van der Waals surface area contributed by atoms with Crippen molar-refractivity contribution in [2.75, 3.05) is 6.54 Å². The summed E-state index contributed by atoms with van der Waals surface area (Å²) in [7, 11) is 0. The minimum absolute atomic E-state index is 0.107. The van der Waals surface area contributed by atoms with Crippen molar-refractivity contribution in [2.45, 2.75) is 37.5 Å². The molecule has 2 fully saturated rings. The largest absolute Gasteiger partial charge is 0.480 e. The number of nitrogens with one attached hydrogen (secondary N) is 1. The number of urea groups is 1. The van der Waals surface area contributed by atoms with Crippen molar-refractivity contribution < 1.29 is 19.8 Å². The predicted octanol–water partition coefficient (Wildman–Crippen LogP) is -0.622. The molecule has 0 aromatic heterocycles. The molecule has 2 aliphatic rings. The first-order chi connectivity index (χ1) is 7.08. The van der Waals surface area contributed by atoms with Crippen LogP contribution in [-0.4, -0.2) is 51.8 Å². The first-order valence-corrected chi connectivity index (χ1v) is 5.06. The summed E-state index contributed by atoms with van der Waals surface area (Å²) in [6, 6.07) is -1.06. The molecule has 0 spiro atoms. The summed E-state index contributed by atoms with van der Waals surface area (Å²) in [6.45, 7) is 0.107. The van der Waals surface area contributed by atoms with Crippen LogP contribution in [0, 0.1) is 0 Å². The lowest BCUT2D eigenvalue weighted by atomic mass is 10.2. The van der Waals surface area contributed by atoms with Gasteiger partial charge in [-0.1, -0.05) is 0 Å². The van der Waals surface area contributed by atoms with E-state index in [2.05, 4.69) is 5.32 Å². The second-order valence-corrected chi connectivity index (χ2v) is 4.12. The lowest BCUT2D eigenvalue weighted by Gasteiger charge is -2.21. The first kappa shape index (κ1) is 10.2. The van der Waals surface area contributed by atoms with Crippen LogP contribution < -0.4 is 5.32 Å². The van der Waals surface area contributed by atoms with Crippen molar-refractivity contribution >= 4 is 12.0 Å². The van der Waals surface area contributed by atoms with E-state index in [1.165, 1.54) is 4.90 Å². The van der Waals surface area contributed by atoms with Gasteiger partial charge >= 0.3 is 12.0 Å². The quantitative estimate of drug-likeness (QED) is 0.571. The number of amides is 2. The average molecular weight is 214 g/mol. The van der Waals surface area contributed by atoms with Gasteiger partial charge in [0.15, 0.2) is 0 Å².